The molecular formula is C38H42N4O11. The zero-order chi connectivity index (χ0) is 38.3. The number of allylic oxidation sites excluding steroid dienone is 3. The van der Waals surface area contributed by atoms with E-state index in [9.17, 15) is 38.4 Å². The van der Waals surface area contributed by atoms with E-state index >= 15 is 0 Å². The molecule has 53 heavy (non-hydrogen) atoms. The van der Waals surface area contributed by atoms with Crippen molar-refractivity contribution < 1.29 is 52.6 Å². The van der Waals surface area contributed by atoms with Crippen molar-refractivity contribution >= 4 is 53.1 Å². The molecule has 15 heteroatoms. The van der Waals surface area contributed by atoms with Gasteiger partial charge in [-0.1, -0.05) is 24.3 Å². The van der Waals surface area contributed by atoms with Crippen LogP contribution in [0.1, 0.15) is 86.4 Å². The third kappa shape index (κ3) is 6.31. The highest BCUT2D eigenvalue weighted by atomic mass is 16.6. The molecule has 3 heterocycles. The number of fused-ring (bicyclic) bond motifs is 1. The number of hydrogen-bond donors (Lipinski definition) is 3. The van der Waals surface area contributed by atoms with Gasteiger partial charge in [-0.25, -0.2) is 4.79 Å². The molecule has 5 amide bonds. The molecule has 0 aromatic heterocycles. The fourth-order valence-electron chi connectivity index (χ4n) is 8.63. The molecule has 5 atom stereocenters. The Balaban J connectivity index is 1.09. The van der Waals surface area contributed by atoms with Gasteiger partial charge in [0.1, 0.15) is 22.7 Å². The molecule has 1 aromatic rings. The van der Waals surface area contributed by atoms with Crippen molar-refractivity contribution in [1.82, 2.24) is 15.5 Å². The normalized spacial score (nSPS) is 29.4. The fourth-order valence-corrected chi connectivity index (χ4v) is 8.63. The number of carbonyl (C=O) groups is 8. The Kier molecular flexibility index (Phi) is 9.88. The van der Waals surface area contributed by atoms with Crippen LogP contribution in [0.5, 0.6) is 0 Å². The third-order valence-electron chi connectivity index (χ3n) is 11.2. The number of amides is 5. The lowest BCUT2D eigenvalue weighted by Crippen LogP contribution is -2.65. The summed E-state index contributed by atoms with van der Waals surface area (Å²) in [4.78, 5) is 103. The first-order valence-electron chi connectivity index (χ1n) is 17.6. The van der Waals surface area contributed by atoms with E-state index in [0.717, 1.165) is 4.90 Å². The SMILES string of the molecule is COC(=O)C1=CC[C@@]23CC[C@H]([C@@](C)(/C=C/C=C(\C)C(=O)NCCNc4cccc5c4C(=O)N(C4CCC(=O)NC4=O)C5=O)OC2=O)[C@@]3(OC(C)=O)CC1. The average molecular weight is 731 g/mol. The van der Waals surface area contributed by atoms with Gasteiger partial charge >= 0.3 is 17.9 Å². The number of rotatable bonds is 10. The van der Waals surface area contributed by atoms with Crippen molar-refractivity contribution in [2.75, 3.05) is 25.5 Å². The van der Waals surface area contributed by atoms with Crippen LogP contribution in [0.3, 0.4) is 0 Å². The van der Waals surface area contributed by atoms with Gasteiger partial charge in [0.05, 0.1) is 18.2 Å². The average Bonchev–Trinajstić information content (AvgIpc) is 3.45. The number of benzene rings is 1. The number of cyclic esters (lactones) is 1. The first-order chi connectivity index (χ1) is 25.2. The zero-order valence-electron chi connectivity index (χ0n) is 30.0. The highest BCUT2D eigenvalue weighted by Gasteiger charge is 2.74. The molecule has 0 radical (unpaired) electrons. The second-order valence-corrected chi connectivity index (χ2v) is 14.2. The van der Waals surface area contributed by atoms with Crippen LogP contribution in [-0.2, 0) is 43.0 Å². The van der Waals surface area contributed by atoms with Crippen LogP contribution in [0.4, 0.5) is 5.69 Å². The van der Waals surface area contributed by atoms with Crippen LogP contribution >= 0.6 is 0 Å². The van der Waals surface area contributed by atoms with Gasteiger partial charge in [-0.2, -0.15) is 0 Å². The highest BCUT2D eigenvalue weighted by Crippen LogP contribution is 2.65. The number of methoxy groups -OCH3 is 1. The standard InChI is InChI=1S/C38H42N4O11/c1-21(30(45)40-20-19-39-25-9-5-8-24-29(25)33(48)42(32(24)47)26-10-11-28(44)41-31(26)46)7-6-15-36(3)27-14-17-37(35(50)53-36)16-12-23(34(49)51-4)13-18-38(27,37)52-22(2)43/h5-9,12,15,26-27,39H,10-11,13-14,16-20H2,1-4H3,(H,40,45)(H,41,44,46)/b15-6+,21-7+/t26?,27-,36-,37-,38+/m1/s1. The molecule has 280 valence electrons. The van der Waals surface area contributed by atoms with Crippen molar-refractivity contribution in [3.05, 3.63) is 64.8 Å². The van der Waals surface area contributed by atoms with Crippen LogP contribution in [0.25, 0.3) is 0 Å². The van der Waals surface area contributed by atoms with Crippen LogP contribution in [-0.4, -0.2) is 89.8 Å². The van der Waals surface area contributed by atoms with Crippen molar-refractivity contribution in [2.24, 2.45) is 11.3 Å². The monoisotopic (exact) mass is 730 g/mol. The lowest BCUT2D eigenvalue weighted by molar-refractivity contribution is -0.235. The van der Waals surface area contributed by atoms with Crippen molar-refractivity contribution in [3.8, 4) is 0 Å². The van der Waals surface area contributed by atoms with Crippen LogP contribution in [0.2, 0.25) is 0 Å². The number of nitrogens with zero attached hydrogens (tertiary/aromatic N) is 1. The van der Waals surface area contributed by atoms with Crippen molar-refractivity contribution in [1.29, 1.82) is 0 Å². The van der Waals surface area contributed by atoms with E-state index in [2.05, 4.69) is 16.0 Å². The van der Waals surface area contributed by atoms with E-state index in [1.54, 1.807) is 50.3 Å². The number of piperidine rings is 1. The zero-order valence-corrected chi connectivity index (χ0v) is 30.0. The molecule has 2 aliphatic carbocycles. The first kappa shape index (κ1) is 37.2. The largest absolute Gasteiger partial charge is 0.466 e. The number of carbonyl (C=O) groups excluding carboxylic acids is 8. The molecule has 15 nitrogen and oxygen atoms in total. The minimum atomic E-state index is -1.21. The predicted octanol–water partition coefficient (Wildman–Crippen LogP) is 2.42. The highest BCUT2D eigenvalue weighted by molar-refractivity contribution is 6.25. The lowest BCUT2D eigenvalue weighted by Gasteiger charge is -2.54. The summed E-state index contributed by atoms with van der Waals surface area (Å²) in [5.74, 6) is -4.73. The van der Waals surface area contributed by atoms with Crippen molar-refractivity contribution in [3.63, 3.8) is 0 Å². The first-order valence-corrected chi connectivity index (χ1v) is 17.6. The molecule has 2 saturated heterocycles. The number of hydrogen-bond acceptors (Lipinski definition) is 12. The maximum atomic E-state index is 13.8. The number of imide groups is 2. The van der Waals surface area contributed by atoms with Gasteiger partial charge in [-0.15, -0.1) is 0 Å². The summed E-state index contributed by atoms with van der Waals surface area (Å²) >= 11 is 0. The minimum Gasteiger partial charge on any atom is -0.466 e. The molecule has 5 aliphatic rings. The van der Waals surface area contributed by atoms with Gasteiger partial charge in [0.2, 0.25) is 17.7 Å². The van der Waals surface area contributed by atoms with Gasteiger partial charge in [0.15, 0.2) is 0 Å². The molecule has 0 spiro atoms. The van der Waals surface area contributed by atoms with Gasteiger partial charge in [-0.05, 0) is 70.6 Å². The quantitative estimate of drug-likeness (QED) is 0.0794. The van der Waals surface area contributed by atoms with E-state index in [4.69, 9.17) is 14.2 Å². The van der Waals surface area contributed by atoms with E-state index in [-0.39, 0.29) is 62.2 Å². The summed E-state index contributed by atoms with van der Waals surface area (Å²) in [6.07, 6.45) is 8.31. The smallest absolute Gasteiger partial charge is 0.333 e. The van der Waals surface area contributed by atoms with Crippen LogP contribution in [0.15, 0.2) is 53.6 Å². The number of ether oxygens (including phenoxy) is 3. The minimum absolute atomic E-state index is 0.0152. The van der Waals surface area contributed by atoms with Gasteiger partial charge in [0, 0.05) is 49.2 Å². The predicted molar refractivity (Wildman–Crippen MR) is 186 cm³/mol. The second kappa shape index (κ2) is 14.1. The molecule has 3 N–H and O–H groups in total. The van der Waals surface area contributed by atoms with E-state index in [0.29, 0.717) is 29.7 Å². The number of anilines is 1. The molecule has 1 aromatic carbocycles. The summed E-state index contributed by atoms with van der Waals surface area (Å²) in [5.41, 5.74) is -2.13. The Morgan fingerprint density at radius 2 is 1.81 bits per heavy atom. The molecule has 1 unspecified atom stereocenters. The van der Waals surface area contributed by atoms with Crippen LogP contribution in [0, 0.1) is 11.3 Å². The lowest BCUT2D eigenvalue weighted by atomic mass is 9.62. The van der Waals surface area contributed by atoms with Gasteiger partial charge in [0.25, 0.3) is 11.8 Å². The van der Waals surface area contributed by atoms with Crippen LogP contribution < -0.4 is 16.0 Å². The summed E-state index contributed by atoms with van der Waals surface area (Å²) in [6.45, 7) is 5.03. The Morgan fingerprint density at radius 1 is 1.04 bits per heavy atom. The Labute approximate surface area is 305 Å². The van der Waals surface area contributed by atoms with Gasteiger partial charge < -0.3 is 24.8 Å². The molecule has 3 aliphatic heterocycles. The Hall–Kier alpha value is -5.60. The third-order valence-corrected chi connectivity index (χ3v) is 11.2. The summed E-state index contributed by atoms with van der Waals surface area (Å²) < 4.78 is 17.1. The Morgan fingerprint density at radius 3 is 2.53 bits per heavy atom. The molecule has 6 rings (SSSR count). The summed E-state index contributed by atoms with van der Waals surface area (Å²) in [6, 6.07) is 3.64. The number of esters is 3. The Bertz CT molecular complexity index is 1920. The molecule has 1 saturated carbocycles. The fraction of sp³-hybridized carbons (Fsp3) is 0.474. The molecule has 3 fully saturated rings. The maximum Gasteiger partial charge on any atom is 0.333 e. The summed E-state index contributed by atoms with van der Waals surface area (Å²) in [5, 5.41) is 8.05. The van der Waals surface area contributed by atoms with E-state index < -0.39 is 70.1 Å². The number of nitrogens with one attached hydrogen (secondary N) is 3. The second-order valence-electron chi connectivity index (χ2n) is 14.2. The topological polar surface area (TPSA) is 204 Å². The molecule has 2 bridgehead atoms. The summed E-state index contributed by atoms with van der Waals surface area (Å²) in [7, 11) is 1.29. The van der Waals surface area contributed by atoms with E-state index in [1.165, 1.54) is 20.1 Å². The van der Waals surface area contributed by atoms with E-state index in [1.807, 2.05) is 0 Å². The molecular weight excluding hydrogens is 688 g/mol. The van der Waals surface area contributed by atoms with Crippen molar-refractivity contribution in [2.45, 2.75) is 83.0 Å². The maximum absolute atomic E-state index is 13.8. The van der Waals surface area contributed by atoms with Gasteiger partial charge in [-0.3, -0.25) is 43.8 Å².